The third-order valence-corrected chi connectivity index (χ3v) is 6.00. The fourth-order valence-electron chi connectivity index (χ4n) is 3.46. The maximum Gasteiger partial charge on any atom is 0.138 e. The highest BCUT2D eigenvalue weighted by molar-refractivity contribution is 7.97. The van der Waals surface area contributed by atoms with Gasteiger partial charge in [-0.05, 0) is 49.4 Å². The molecule has 25 heavy (non-hydrogen) atoms. The molecule has 0 radical (unpaired) electrons. The first-order valence-corrected chi connectivity index (χ1v) is 9.40. The fourth-order valence-corrected chi connectivity index (χ4v) is 4.43. The number of ether oxygens (including phenoxy) is 2. The molecule has 1 spiro atoms. The Kier molecular flexibility index (Phi) is 6.31. The Morgan fingerprint density at radius 1 is 1.48 bits per heavy atom. The molecule has 0 aromatic heterocycles. The zero-order chi connectivity index (χ0) is 17.7. The lowest BCUT2D eigenvalue weighted by atomic mass is 9.88. The van der Waals surface area contributed by atoms with Crippen molar-refractivity contribution < 1.29 is 13.9 Å². The van der Waals surface area contributed by atoms with Gasteiger partial charge in [0.05, 0.1) is 35.3 Å². The number of piperidine rings is 1. The largest absolute Gasteiger partial charge is 0.383 e. The number of rotatable bonds is 6. The summed E-state index contributed by atoms with van der Waals surface area (Å²) in [5.41, 5.74) is 0.441. The van der Waals surface area contributed by atoms with Crippen molar-refractivity contribution in [3.05, 3.63) is 29.6 Å². The third-order valence-electron chi connectivity index (χ3n) is 4.87. The fraction of sp³-hybridized carbons (Fsp3) is 0.611. The van der Waals surface area contributed by atoms with Gasteiger partial charge in [0.15, 0.2) is 0 Å². The molecule has 2 aliphatic heterocycles. The Labute approximate surface area is 152 Å². The minimum absolute atomic E-state index is 0.0468. The average molecular weight is 365 g/mol. The van der Waals surface area contributed by atoms with Gasteiger partial charge in [0.2, 0.25) is 0 Å². The smallest absolute Gasteiger partial charge is 0.138 e. The van der Waals surface area contributed by atoms with Crippen LogP contribution in [0.2, 0.25) is 0 Å². The number of benzene rings is 1. The highest BCUT2D eigenvalue weighted by Gasteiger charge is 2.42. The van der Waals surface area contributed by atoms with Crippen molar-refractivity contribution in [1.29, 1.82) is 5.26 Å². The molecule has 136 valence electrons. The SMILES string of the molecule is COCCNC1COC2(CCN(Sc3cc(C#N)ccc3F)CC2)C1. The first-order chi connectivity index (χ1) is 12.1. The molecule has 1 aromatic carbocycles. The van der Waals surface area contributed by atoms with Crippen LogP contribution in [0.25, 0.3) is 0 Å². The van der Waals surface area contributed by atoms with Crippen molar-refractivity contribution in [3.63, 3.8) is 0 Å². The molecule has 2 fully saturated rings. The number of nitriles is 1. The van der Waals surface area contributed by atoms with Gasteiger partial charge in [0.1, 0.15) is 5.82 Å². The van der Waals surface area contributed by atoms with Crippen LogP contribution >= 0.6 is 11.9 Å². The number of halogens is 1. The highest BCUT2D eigenvalue weighted by atomic mass is 32.2. The number of methoxy groups -OCH3 is 1. The van der Waals surface area contributed by atoms with Crippen LogP contribution in [0.5, 0.6) is 0 Å². The lowest BCUT2D eigenvalue weighted by Crippen LogP contribution is -2.42. The van der Waals surface area contributed by atoms with Crippen molar-refractivity contribution in [3.8, 4) is 6.07 Å². The number of hydrogen-bond donors (Lipinski definition) is 1. The molecular formula is C18H24FN3O2S. The Morgan fingerprint density at radius 3 is 3.00 bits per heavy atom. The van der Waals surface area contributed by atoms with E-state index in [1.54, 1.807) is 13.2 Å². The highest BCUT2D eigenvalue weighted by Crippen LogP contribution is 2.39. The summed E-state index contributed by atoms with van der Waals surface area (Å²) >= 11 is 1.40. The molecule has 1 unspecified atom stereocenters. The van der Waals surface area contributed by atoms with E-state index in [0.717, 1.165) is 45.5 Å². The van der Waals surface area contributed by atoms with Crippen molar-refractivity contribution in [2.24, 2.45) is 0 Å². The van der Waals surface area contributed by atoms with Gasteiger partial charge >= 0.3 is 0 Å². The summed E-state index contributed by atoms with van der Waals surface area (Å²) in [6.45, 7) is 4.01. The van der Waals surface area contributed by atoms with Crippen molar-refractivity contribution in [2.45, 2.75) is 35.8 Å². The Morgan fingerprint density at radius 2 is 2.28 bits per heavy atom. The normalized spacial score (nSPS) is 23.0. The third kappa shape index (κ3) is 4.72. The van der Waals surface area contributed by atoms with Gasteiger partial charge in [0.25, 0.3) is 0 Å². The van der Waals surface area contributed by atoms with Gasteiger partial charge in [-0.25, -0.2) is 8.70 Å². The second kappa shape index (κ2) is 8.47. The van der Waals surface area contributed by atoms with E-state index < -0.39 is 0 Å². The molecule has 0 bridgehead atoms. The van der Waals surface area contributed by atoms with E-state index in [0.29, 0.717) is 23.1 Å². The molecule has 7 heteroatoms. The van der Waals surface area contributed by atoms with E-state index in [9.17, 15) is 4.39 Å². The molecule has 0 aliphatic carbocycles. The lowest BCUT2D eigenvalue weighted by molar-refractivity contribution is -0.0300. The van der Waals surface area contributed by atoms with E-state index in [-0.39, 0.29) is 11.4 Å². The van der Waals surface area contributed by atoms with Crippen LogP contribution in [-0.4, -0.2) is 55.9 Å². The predicted octanol–water partition coefficient (Wildman–Crippen LogP) is 2.56. The molecular weight excluding hydrogens is 341 g/mol. The van der Waals surface area contributed by atoms with E-state index in [2.05, 4.69) is 15.7 Å². The summed E-state index contributed by atoms with van der Waals surface area (Å²) in [7, 11) is 1.71. The first kappa shape index (κ1) is 18.6. The second-order valence-electron chi connectivity index (χ2n) is 6.62. The summed E-state index contributed by atoms with van der Waals surface area (Å²) < 4.78 is 27.3. The van der Waals surface area contributed by atoms with E-state index in [1.807, 2.05) is 0 Å². The maximum atomic E-state index is 14.0. The van der Waals surface area contributed by atoms with Gasteiger partial charge < -0.3 is 14.8 Å². The van der Waals surface area contributed by atoms with Gasteiger partial charge in [-0.15, -0.1) is 0 Å². The molecule has 2 heterocycles. The maximum absolute atomic E-state index is 14.0. The molecule has 2 aliphatic rings. The van der Waals surface area contributed by atoms with Crippen LogP contribution in [0.3, 0.4) is 0 Å². The summed E-state index contributed by atoms with van der Waals surface area (Å²) in [6.07, 6.45) is 2.91. The molecule has 1 N–H and O–H groups in total. The van der Waals surface area contributed by atoms with Crippen LogP contribution in [0.15, 0.2) is 23.1 Å². The minimum Gasteiger partial charge on any atom is -0.383 e. The van der Waals surface area contributed by atoms with E-state index in [4.69, 9.17) is 14.7 Å². The quantitative estimate of drug-likeness (QED) is 0.618. The Hall–Kier alpha value is -1.17. The number of hydrogen-bond acceptors (Lipinski definition) is 6. The topological polar surface area (TPSA) is 57.5 Å². The van der Waals surface area contributed by atoms with Crippen LogP contribution in [-0.2, 0) is 9.47 Å². The Bertz CT molecular complexity index is 629. The van der Waals surface area contributed by atoms with Gasteiger partial charge in [0, 0.05) is 32.8 Å². The van der Waals surface area contributed by atoms with Crippen LogP contribution in [0.4, 0.5) is 4.39 Å². The number of nitrogens with zero attached hydrogens (tertiary/aromatic N) is 2. The van der Waals surface area contributed by atoms with Gasteiger partial charge in [-0.3, -0.25) is 0 Å². The molecule has 2 saturated heterocycles. The first-order valence-electron chi connectivity index (χ1n) is 8.63. The molecule has 1 atom stereocenters. The average Bonchev–Trinajstić information content (AvgIpc) is 3.02. The molecule has 1 aromatic rings. The van der Waals surface area contributed by atoms with Crippen molar-refractivity contribution in [1.82, 2.24) is 9.62 Å². The van der Waals surface area contributed by atoms with Crippen molar-refractivity contribution in [2.75, 3.05) is 40.0 Å². The standard InChI is InChI=1S/C18H24FN3O2S/c1-23-9-6-21-15-11-18(24-13-15)4-7-22(8-5-18)25-17-10-14(12-20)2-3-16(17)19/h2-3,10,15,21H,4-9,11,13H2,1H3. The monoisotopic (exact) mass is 365 g/mol. The van der Waals surface area contributed by atoms with Crippen LogP contribution in [0.1, 0.15) is 24.8 Å². The van der Waals surface area contributed by atoms with E-state index >= 15 is 0 Å². The second-order valence-corrected chi connectivity index (χ2v) is 7.76. The predicted molar refractivity (Wildman–Crippen MR) is 94.7 cm³/mol. The summed E-state index contributed by atoms with van der Waals surface area (Å²) in [4.78, 5) is 0.515. The van der Waals surface area contributed by atoms with Crippen molar-refractivity contribution >= 4 is 11.9 Å². The van der Waals surface area contributed by atoms with Crippen LogP contribution in [0, 0.1) is 17.1 Å². The zero-order valence-corrected chi connectivity index (χ0v) is 15.3. The number of nitrogens with one attached hydrogen (secondary N) is 1. The minimum atomic E-state index is -0.274. The summed E-state index contributed by atoms with van der Waals surface area (Å²) in [6, 6.07) is 6.94. The van der Waals surface area contributed by atoms with E-state index in [1.165, 1.54) is 24.1 Å². The summed E-state index contributed by atoms with van der Waals surface area (Å²) in [5.74, 6) is -0.274. The zero-order valence-electron chi connectivity index (χ0n) is 14.5. The van der Waals surface area contributed by atoms with Crippen LogP contribution < -0.4 is 5.32 Å². The molecule has 5 nitrogen and oxygen atoms in total. The molecule has 0 saturated carbocycles. The Balaban J connectivity index is 1.50. The molecule has 0 amide bonds. The lowest BCUT2D eigenvalue weighted by Gasteiger charge is -2.38. The molecule has 3 rings (SSSR count). The summed E-state index contributed by atoms with van der Waals surface area (Å²) in [5, 5.41) is 12.5. The van der Waals surface area contributed by atoms with Gasteiger partial charge in [-0.1, -0.05) is 0 Å². The van der Waals surface area contributed by atoms with Gasteiger partial charge in [-0.2, -0.15) is 5.26 Å².